The molecule has 0 saturated carbocycles. The molecule has 0 unspecified atom stereocenters. The van der Waals surface area contributed by atoms with Crippen LogP contribution in [-0.2, 0) is 37.8 Å². The van der Waals surface area contributed by atoms with E-state index in [0.29, 0.717) is 24.0 Å². The predicted octanol–water partition coefficient (Wildman–Crippen LogP) is -1.87. The zero-order valence-corrected chi connectivity index (χ0v) is 27.1. The third-order valence-corrected chi connectivity index (χ3v) is 7.77. The minimum Gasteiger partial charge on any atom is -1.00 e. The van der Waals surface area contributed by atoms with Gasteiger partial charge in [0.1, 0.15) is 31.3 Å². The number of aromatic nitrogens is 7. The Morgan fingerprint density at radius 3 is 2.57 bits per heavy atom. The average molecular weight is 770 g/mol. The maximum Gasteiger partial charge on any atom is 0.511 e. The van der Waals surface area contributed by atoms with Crippen molar-refractivity contribution in [1.82, 2.24) is 34.8 Å². The highest BCUT2D eigenvalue weighted by atomic mass is 127. The lowest BCUT2D eigenvalue weighted by Gasteiger charge is -2.38. The van der Waals surface area contributed by atoms with Gasteiger partial charge in [0.2, 0.25) is 13.1 Å². The molecule has 2 aromatic carbocycles. The number of anilines is 1. The summed E-state index contributed by atoms with van der Waals surface area (Å²) in [5.74, 6) is -1.81. The molecule has 2 saturated heterocycles. The summed E-state index contributed by atoms with van der Waals surface area (Å²) >= 11 is 0. The Hall–Kier alpha value is -4.34. The van der Waals surface area contributed by atoms with Crippen molar-refractivity contribution in [2.45, 2.75) is 37.9 Å². The topological polar surface area (TPSA) is 163 Å². The second-order valence-electron chi connectivity index (χ2n) is 10.7. The number of aliphatic hydroxyl groups is 1. The zero-order chi connectivity index (χ0) is 32.3. The van der Waals surface area contributed by atoms with Crippen LogP contribution in [0.15, 0.2) is 61.4 Å². The van der Waals surface area contributed by atoms with Crippen molar-refractivity contribution in [2.24, 2.45) is 0 Å². The highest BCUT2D eigenvalue weighted by Crippen LogP contribution is 2.34. The second-order valence-corrected chi connectivity index (χ2v) is 10.7. The molecule has 4 heterocycles. The third-order valence-electron chi connectivity index (χ3n) is 7.77. The number of hydrogen-bond donors (Lipinski definition) is 1. The average Bonchev–Trinajstić information content (AvgIpc) is 3.82. The van der Waals surface area contributed by atoms with Crippen LogP contribution in [0.1, 0.15) is 12.5 Å². The van der Waals surface area contributed by atoms with Gasteiger partial charge in [-0.05, 0) is 52.8 Å². The Labute approximate surface area is 283 Å². The van der Waals surface area contributed by atoms with Crippen molar-refractivity contribution < 1.29 is 71.1 Å². The Kier molecular flexibility index (Phi) is 10.6. The fourth-order valence-corrected chi connectivity index (χ4v) is 5.35. The first-order valence-electron chi connectivity index (χ1n) is 14.2. The Morgan fingerprint density at radius 1 is 1.13 bits per heavy atom. The zero-order valence-electron chi connectivity index (χ0n) is 24.9. The molecule has 2 amide bonds. The molecule has 2 aliphatic heterocycles. The fraction of sp³-hybridized carbons (Fsp3) is 0.393. The normalized spacial score (nSPS) is 17.2. The van der Waals surface area contributed by atoms with Crippen LogP contribution in [0.4, 0.5) is 24.1 Å². The number of rotatable bonds is 10. The molecule has 6 rings (SSSR count). The van der Waals surface area contributed by atoms with Crippen molar-refractivity contribution in [2.75, 3.05) is 38.0 Å². The van der Waals surface area contributed by atoms with E-state index in [0.717, 1.165) is 12.1 Å². The van der Waals surface area contributed by atoms with Crippen molar-refractivity contribution in [3.8, 4) is 5.69 Å². The molecule has 16 nitrogen and oxygen atoms in total. The van der Waals surface area contributed by atoms with Crippen LogP contribution >= 0.6 is 0 Å². The van der Waals surface area contributed by atoms with Gasteiger partial charge in [0.15, 0.2) is 11.7 Å². The molecule has 0 bridgehead atoms. The van der Waals surface area contributed by atoms with Crippen molar-refractivity contribution in [1.29, 1.82) is 0 Å². The van der Waals surface area contributed by atoms with E-state index >= 15 is 4.39 Å². The van der Waals surface area contributed by atoms with E-state index in [1.807, 2.05) is 0 Å². The number of hydrogen-bond acceptors (Lipinski definition) is 11. The van der Waals surface area contributed by atoms with E-state index in [9.17, 15) is 19.1 Å². The number of carbonyl (C=O) groups excluding carboxylic acids is 2. The standard InChI is InChI=1S/C28H30F2N9O7.HI/c1-19(37-8-9-38(26(37)40)21-3-5-22(6-4-21)39-14-31-33-34-39)28(42,24-7-2-20(29)10-25(24)30)13-36-16-35(15-32-36)17-45-27(41)46-23-11-43-18-44-12-23;/h2-7,10,14-16,19,23,42H,8-9,11-13,17-18H2,1H3;1H/q+1;/p-1/t19-,28-;/m1./s1. The molecule has 4 aromatic rings. The lowest BCUT2D eigenvalue weighted by molar-refractivity contribution is -0.765. The minimum atomic E-state index is -2.07. The molecule has 2 aromatic heterocycles. The summed E-state index contributed by atoms with van der Waals surface area (Å²) < 4.78 is 53.7. The quantitative estimate of drug-likeness (QED) is 0.109. The van der Waals surface area contributed by atoms with Crippen LogP contribution in [-0.4, -0.2) is 97.3 Å². The Bertz CT molecular complexity index is 1670. The molecule has 0 aliphatic carbocycles. The number of nitrogens with zero attached hydrogens (tertiary/aromatic N) is 9. The van der Waals surface area contributed by atoms with Gasteiger partial charge in [0, 0.05) is 30.4 Å². The van der Waals surface area contributed by atoms with E-state index < -0.39 is 41.6 Å². The van der Waals surface area contributed by atoms with Gasteiger partial charge >= 0.3 is 12.2 Å². The van der Waals surface area contributed by atoms with Crippen molar-refractivity contribution >= 4 is 17.9 Å². The number of carbonyl (C=O) groups is 2. The van der Waals surface area contributed by atoms with Crippen LogP contribution in [0, 0.1) is 11.6 Å². The Balaban J connectivity index is 0.00000433. The summed E-state index contributed by atoms with van der Waals surface area (Å²) in [6, 6.07) is 8.42. The number of tetrazole rings is 1. The summed E-state index contributed by atoms with van der Waals surface area (Å²) in [6.45, 7) is 1.96. The van der Waals surface area contributed by atoms with E-state index in [4.69, 9.17) is 18.9 Å². The molecule has 0 spiro atoms. The van der Waals surface area contributed by atoms with E-state index in [-0.39, 0.29) is 69.4 Å². The van der Waals surface area contributed by atoms with E-state index in [1.165, 1.54) is 42.7 Å². The van der Waals surface area contributed by atoms with Crippen LogP contribution in [0.5, 0.6) is 0 Å². The van der Waals surface area contributed by atoms with Gasteiger partial charge in [0.25, 0.3) is 6.33 Å². The van der Waals surface area contributed by atoms with E-state index in [1.54, 1.807) is 31.2 Å². The lowest BCUT2D eigenvalue weighted by Crippen LogP contribution is -3.00. The van der Waals surface area contributed by atoms with Gasteiger partial charge in [-0.1, -0.05) is 6.07 Å². The number of amides is 2. The monoisotopic (exact) mass is 769 g/mol. The highest BCUT2D eigenvalue weighted by molar-refractivity contribution is 5.94. The molecule has 19 heteroatoms. The van der Waals surface area contributed by atoms with Gasteiger partial charge in [-0.25, -0.2) is 23.1 Å². The maximum absolute atomic E-state index is 15.2. The molecule has 1 N–H and O–H groups in total. The summed E-state index contributed by atoms with van der Waals surface area (Å²) in [4.78, 5) is 28.7. The number of ether oxygens (including phenoxy) is 4. The molecule has 2 fully saturated rings. The van der Waals surface area contributed by atoms with Crippen molar-refractivity contribution in [3.63, 3.8) is 0 Å². The van der Waals surface area contributed by atoms with E-state index in [2.05, 4.69) is 20.6 Å². The summed E-state index contributed by atoms with van der Waals surface area (Å²) in [6.07, 6.45) is 2.65. The lowest BCUT2D eigenvalue weighted by atomic mass is 9.85. The minimum absolute atomic E-state index is 0. The van der Waals surface area contributed by atoms with Gasteiger partial charge in [-0.3, -0.25) is 4.90 Å². The van der Waals surface area contributed by atoms with Crippen LogP contribution in [0.3, 0.4) is 0 Å². The van der Waals surface area contributed by atoms with Gasteiger partial charge in [-0.2, -0.15) is 4.57 Å². The van der Waals surface area contributed by atoms with Gasteiger partial charge in [-0.15, -0.1) is 9.78 Å². The fourth-order valence-electron chi connectivity index (χ4n) is 5.35. The SMILES string of the molecule is C[C@@H](N1CCN(c2ccc(-n3cnnn3)cc2)C1=O)[C@](O)(C[n+]1cn(COC(=O)OC2COCOC2)cn1)c1ccc(F)cc1F.[I-]. The molecule has 0 radical (unpaired) electrons. The number of benzene rings is 2. The molecule has 250 valence electrons. The molecule has 2 atom stereocenters. The predicted molar refractivity (Wildman–Crippen MR) is 149 cm³/mol. The Morgan fingerprint density at radius 2 is 1.87 bits per heavy atom. The van der Waals surface area contributed by atoms with Crippen molar-refractivity contribution in [3.05, 3.63) is 78.6 Å². The second kappa shape index (κ2) is 14.6. The molecule has 47 heavy (non-hydrogen) atoms. The van der Waals surface area contributed by atoms with Crippen LogP contribution in [0.25, 0.3) is 5.69 Å². The molecular weight excluding hydrogens is 739 g/mol. The largest absolute Gasteiger partial charge is 1.00 e. The first-order valence-corrected chi connectivity index (χ1v) is 14.2. The summed E-state index contributed by atoms with van der Waals surface area (Å²) in [5.41, 5.74) is -1.00. The van der Waals surface area contributed by atoms with Gasteiger partial charge < -0.3 is 52.9 Å². The number of halogens is 3. The smallest absolute Gasteiger partial charge is 0.511 e. The summed E-state index contributed by atoms with van der Waals surface area (Å²) in [5, 5.41) is 27.5. The number of urea groups is 1. The van der Waals surface area contributed by atoms with Crippen LogP contribution in [0.2, 0.25) is 0 Å². The third kappa shape index (κ3) is 7.47. The maximum atomic E-state index is 15.2. The molecule has 2 aliphatic rings. The molecular formula is C28H30F2IN9O7. The van der Waals surface area contributed by atoms with Gasteiger partial charge in [0.05, 0.1) is 24.9 Å². The first kappa shape index (κ1) is 34.0. The summed E-state index contributed by atoms with van der Waals surface area (Å²) in [7, 11) is 0. The highest BCUT2D eigenvalue weighted by Gasteiger charge is 2.48. The van der Waals surface area contributed by atoms with Crippen LogP contribution < -0.4 is 33.6 Å². The first-order chi connectivity index (χ1) is 22.2.